The van der Waals surface area contributed by atoms with Crippen LogP contribution in [0.1, 0.15) is 27.9 Å². The number of aryl methyl sites for hydroxylation is 1. The summed E-state index contributed by atoms with van der Waals surface area (Å²) in [6.45, 7) is 1.57. The lowest BCUT2D eigenvalue weighted by atomic mass is 10.00. The van der Waals surface area contributed by atoms with Crippen LogP contribution in [0.25, 0.3) is 0 Å². The lowest BCUT2D eigenvalue weighted by Crippen LogP contribution is -2.56. The van der Waals surface area contributed by atoms with Crippen molar-refractivity contribution in [2.24, 2.45) is 5.10 Å². The Morgan fingerprint density at radius 1 is 1.15 bits per heavy atom. The third kappa shape index (κ3) is 2.96. The first-order valence-corrected chi connectivity index (χ1v) is 7.66. The van der Waals surface area contributed by atoms with Crippen molar-refractivity contribution >= 4 is 11.6 Å². The minimum absolute atomic E-state index is 0.000666. The Kier molecular flexibility index (Phi) is 4.31. The molecule has 1 unspecified atom stereocenters. The zero-order valence-electron chi connectivity index (χ0n) is 13.6. The molecule has 136 valence electrons. The van der Waals surface area contributed by atoms with E-state index in [1.165, 1.54) is 24.3 Å². The average molecular weight is 366 g/mol. The molecule has 8 heteroatoms. The van der Waals surface area contributed by atoms with Gasteiger partial charge in [0.2, 0.25) is 0 Å². The molecular weight excluding hydrogens is 352 g/mol. The largest absolute Gasteiger partial charge is 0.438 e. The minimum atomic E-state index is -5.13. The summed E-state index contributed by atoms with van der Waals surface area (Å²) >= 11 is 0. The van der Waals surface area contributed by atoms with Gasteiger partial charge in [-0.05, 0) is 36.2 Å². The van der Waals surface area contributed by atoms with Gasteiger partial charge in [-0.15, -0.1) is 0 Å². The number of rotatable bonds is 2. The molecule has 0 aliphatic carbocycles. The van der Waals surface area contributed by atoms with Crippen molar-refractivity contribution in [1.82, 2.24) is 5.01 Å². The molecule has 4 nitrogen and oxygen atoms in total. The number of benzene rings is 2. The van der Waals surface area contributed by atoms with Crippen LogP contribution in [0.15, 0.2) is 53.6 Å². The van der Waals surface area contributed by atoms with Gasteiger partial charge in [-0.3, -0.25) is 4.79 Å². The summed E-state index contributed by atoms with van der Waals surface area (Å²) in [5.74, 6) is -1.63. The van der Waals surface area contributed by atoms with Crippen LogP contribution in [0.3, 0.4) is 0 Å². The molecule has 3 rings (SSSR count). The lowest BCUT2D eigenvalue weighted by molar-refractivity contribution is -0.297. The molecule has 0 saturated carbocycles. The van der Waals surface area contributed by atoms with Gasteiger partial charge in [-0.2, -0.15) is 23.3 Å². The van der Waals surface area contributed by atoms with E-state index in [0.717, 1.165) is 12.1 Å². The Morgan fingerprint density at radius 2 is 1.77 bits per heavy atom. The van der Waals surface area contributed by atoms with Gasteiger partial charge in [0.1, 0.15) is 5.82 Å². The van der Waals surface area contributed by atoms with Crippen molar-refractivity contribution in [3.8, 4) is 0 Å². The number of nitrogens with zero attached hydrogens (tertiary/aromatic N) is 2. The van der Waals surface area contributed by atoms with E-state index in [1.807, 2.05) is 0 Å². The van der Waals surface area contributed by atoms with Crippen molar-refractivity contribution in [2.75, 3.05) is 0 Å². The Hall–Kier alpha value is -2.74. The number of hydrogen-bond acceptors (Lipinski definition) is 3. The van der Waals surface area contributed by atoms with Crippen molar-refractivity contribution in [3.63, 3.8) is 0 Å². The fourth-order valence-electron chi connectivity index (χ4n) is 2.71. The van der Waals surface area contributed by atoms with Crippen LogP contribution in [-0.2, 0) is 0 Å². The molecule has 1 atom stereocenters. The van der Waals surface area contributed by atoms with Gasteiger partial charge in [0.25, 0.3) is 11.6 Å². The molecule has 0 radical (unpaired) electrons. The highest BCUT2D eigenvalue weighted by Gasteiger charge is 2.63. The maximum atomic E-state index is 13.5. The summed E-state index contributed by atoms with van der Waals surface area (Å²) in [4.78, 5) is 12.7. The maximum Gasteiger partial charge on any atom is 0.438 e. The third-order valence-electron chi connectivity index (χ3n) is 4.18. The molecule has 0 bridgehead atoms. The predicted molar refractivity (Wildman–Crippen MR) is 85.9 cm³/mol. The average Bonchev–Trinajstić information content (AvgIpc) is 2.94. The normalized spacial score (nSPS) is 20.2. The first kappa shape index (κ1) is 18.1. The van der Waals surface area contributed by atoms with Crippen molar-refractivity contribution < 1.29 is 27.5 Å². The summed E-state index contributed by atoms with van der Waals surface area (Å²) in [7, 11) is 0. The monoisotopic (exact) mass is 366 g/mol. The highest BCUT2D eigenvalue weighted by molar-refractivity contribution is 6.05. The van der Waals surface area contributed by atoms with Crippen molar-refractivity contribution in [3.05, 3.63) is 71.0 Å². The smallest absolute Gasteiger partial charge is 0.362 e. The lowest BCUT2D eigenvalue weighted by Gasteiger charge is -2.32. The minimum Gasteiger partial charge on any atom is -0.362 e. The molecule has 1 aliphatic rings. The molecule has 0 spiro atoms. The van der Waals surface area contributed by atoms with E-state index in [-0.39, 0.29) is 21.8 Å². The van der Waals surface area contributed by atoms with E-state index >= 15 is 0 Å². The summed E-state index contributed by atoms with van der Waals surface area (Å²) in [6.07, 6.45) is -6.07. The van der Waals surface area contributed by atoms with Gasteiger partial charge in [-0.1, -0.05) is 30.3 Å². The van der Waals surface area contributed by atoms with Crippen LogP contribution in [0.2, 0.25) is 0 Å². The van der Waals surface area contributed by atoms with Crippen LogP contribution >= 0.6 is 0 Å². The fourth-order valence-corrected chi connectivity index (χ4v) is 2.71. The van der Waals surface area contributed by atoms with E-state index in [1.54, 1.807) is 19.1 Å². The highest BCUT2D eigenvalue weighted by Crippen LogP contribution is 2.42. The molecule has 0 saturated heterocycles. The number of alkyl halides is 3. The quantitative estimate of drug-likeness (QED) is 0.825. The molecule has 1 aliphatic heterocycles. The molecule has 2 aromatic carbocycles. The molecule has 1 heterocycles. The standard InChI is InChI=1S/C18H14F4N2O2/c1-11-4-2-3-5-14(11)16(25)24-17(26,18(20,21)22)10-15(23-24)12-6-8-13(19)9-7-12/h2-9,26H,10H2,1H3. The SMILES string of the molecule is Cc1ccccc1C(=O)N1N=C(c2ccc(F)cc2)CC1(O)C(F)(F)F. The predicted octanol–water partition coefficient (Wildman–Crippen LogP) is 3.64. The first-order valence-electron chi connectivity index (χ1n) is 7.66. The number of amides is 1. The van der Waals surface area contributed by atoms with E-state index < -0.39 is 30.0 Å². The molecule has 1 N–H and O–H groups in total. The number of hydrazone groups is 1. The van der Waals surface area contributed by atoms with E-state index in [9.17, 15) is 27.5 Å². The number of carbonyl (C=O) groups excluding carboxylic acids is 1. The first-order chi connectivity index (χ1) is 12.1. The van der Waals surface area contributed by atoms with Gasteiger partial charge in [-0.25, -0.2) is 4.39 Å². The zero-order chi connectivity index (χ0) is 19.1. The number of hydrogen-bond donors (Lipinski definition) is 1. The van der Waals surface area contributed by atoms with Crippen LogP contribution in [0.4, 0.5) is 17.6 Å². The topological polar surface area (TPSA) is 52.9 Å². The second-order valence-electron chi connectivity index (χ2n) is 5.98. The summed E-state index contributed by atoms with van der Waals surface area (Å²) < 4.78 is 53.7. The van der Waals surface area contributed by atoms with Crippen molar-refractivity contribution in [1.29, 1.82) is 0 Å². The van der Waals surface area contributed by atoms with Crippen LogP contribution in [0.5, 0.6) is 0 Å². The Morgan fingerprint density at radius 3 is 2.35 bits per heavy atom. The summed E-state index contributed by atoms with van der Waals surface area (Å²) in [6, 6.07) is 10.7. The van der Waals surface area contributed by atoms with E-state index in [2.05, 4.69) is 5.10 Å². The van der Waals surface area contributed by atoms with E-state index in [4.69, 9.17) is 0 Å². The Balaban J connectivity index is 2.07. The number of aliphatic hydroxyl groups is 1. The second-order valence-corrected chi connectivity index (χ2v) is 5.98. The molecule has 2 aromatic rings. The van der Waals surface area contributed by atoms with Gasteiger partial charge >= 0.3 is 6.18 Å². The summed E-state index contributed by atoms with van der Waals surface area (Å²) in [5.41, 5.74) is -3.00. The van der Waals surface area contributed by atoms with Gasteiger partial charge in [0.15, 0.2) is 0 Å². The highest BCUT2D eigenvalue weighted by atomic mass is 19.4. The van der Waals surface area contributed by atoms with Gasteiger partial charge in [0, 0.05) is 5.56 Å². The Bertz CT molecular complexity index is 878. The fraction of sp³-hybridized carbons (Fsp3) is 0.222. The Labute approximate surface area is 146 Å². The second kappa shape index (κ2) is 6.21. The van der Waals surface area contributed by atoms with E-state index in [0.29, 0.717) is 5.56 Å². The molecule has 0 fully saturated rings. The maximum absolute atomic E-state index is 13.5. The third-order valence-corrected chi connectivity index (χ3v) is 4.18. The zero-order valence-corrected chi connectivity index (χ0v) is 13.6. The van der Waals surface area contributed by atoms with Gasteiger partial charge < -0.3 is 5.11 Å². The molecule has 0 aromatic heterocycles. The van der Waals surface area contributed by atoms with Crippen molar-refractivity contribution in [2.45, 2.75) is 25.2 Å². The summed E-state index contributed by atoms with van der Waals surface area (Å²) in [5, 5.41) is 14.1. The van der Waals surface area contributed by atoms with Crippen LogP contribution in [-0.4, -0.2) is 33.6 Å². The van der Waals surface area contributed by atoms with Crippen LogP contribution in [0, 0.1) is 12.7 Å². The molecule has 26 heavy (non-hydrogen) atoms. The number of carbonyl (C=O) groups is 1. The van der Waals surface area contributed by atoms with Gasteiger partial charge in [0.05, 0.1) is 12.1 Å². The van der Waals surface area contributed by atoms with Crippen LogP contribution < -0.4 is 0 Å². The number of halogens is 4. The molecule has 1 amide bonds. The molecular formula is C18H14F4N2O2.